The number of hydrogen-bond acceptors (Lipinski definition) is 1. The second-order valence-corrected chi connectivity index (χ2v) is 7.53. The summed E-state index contributed by atoms with van der Waals surface area (Å²) in [5.41, 5.74) is 2.44. The van der Waals surface area contributed by atoms with Crippen molar-refractivity contribution in [2.75, 3.05) is 0 Å². The van der Waals surface area contributed by atoms with Gasteiger partial charge in [-0.05, 0) is 23.7 Å². The van der Waals surface area contributed by atoms with Gasteiger partial charge in [-0.1, -0.05) is 62.4 Å². The second-order valence-electron chi connectivity index (χ2n) is 4.42. The molecule has 0 atom stereocenters. The van der Waals surface area contributed by atoms with Gasteiger partial charge < -0.3 is 4.43 Å². The molecule has 2 heteroatoms. The molecule has 0 amide bonds. The predicted octanol–water partition coefficient (Wildman–Crippen LogP) is 4.50. The van der Waals surface area contributed by atoms with E-state index in [4.69, 9.17) is 4.43 Å². The molecule has 18 heavy (non-hydrogen) atoms. The normalized spacial score (nSPS) is 10.6. The van der Waals surface area contributed by atoms with Crippen molar-refractivity contribution in [2.24, 2.45) is 0 Å². The molecule has 0 N–H and O–H groups in total. The van der Waals surface area contributed by atoms with Crippen LogP contribution in [-0.2, 0) is 0 Å². The van der Waals surface area contributed by atoms with Crippen molar-refractivity contribution in [3.63, 3.8) is 0 Å². The summed E-state index contributed by atoms with van der Waals surface area (Å²) in [6, 6.07) is 21.2. The monoisotopic (exact) mass is 256 g/mol. The van der Waals surface area contributed by atoms with E-state index in [1.807, 2.05) is 6.07 Å². The van der Waals surface area contributed by atoms with Gasteiger partial charge in [-0.3, -0.25) is 0 Å². The van der Waals surface area contributed by atoms with Crippen molar-refractivity contribution in [1.82, 2.24) is 0 Å². The summed E-state index contributed by atoms with van der Waals surface area (Å²) in [6.45, 7) is 4.46. The fourth-order valence-corrected chi connectivity index (χ4v) is 3.54. The van der Waals surface area contributed by atoms with Gasteiger partial charge in [-0.25, -0.2) is 0 Å². The molecule has 0 saturated heterocycles. The number of para-hydroxylation sites is 1. The molecule has 0 saturated carbocycles. The minimum absolute atomic E-state index is 1.05. The minimum Gasteiger partial charge on any atom is -0.546 e. The molecule has 0 heterocycles. The van der Waals surface area contributed by atoms with Gasteiger partial charge in [0.2, 0.25) is 9.04 Å². The van der Waals surface area contributed by atoms with Crippen LogP contribution in [0.3, 0.4) is 0 Å². The van der Waals surface area contributed by atoms with Crippen molar-refractivity contribution in [1.29, 1.82) is 0 Å². The molecule has 0 radical (unpaired) electrons. The zero-order chi connectivity index (χ0) is 12.8. The Bertz CT molecular complexity index is 477. The Morgan fingerprint density at radius 3 is 2.11 bits per heavy atom. The summed E-state index contributed by atoms with van der Waals surface area (Å²) in [4.78, 5) is 0. The molecule has 0 bridgehead atoms. The summed E-state index contributed by atoms with van der Waals surface area (Å²) in [7, 11) is -1.07. The van der Waals surface area contributed by atoms with E-state index in [-0.39, 0.29) is 0 Å². The highest BCUT2D eigenvalue weighted by atomic mass is 28.3. The van der Waals surface area contributed by atoms with Gasteiger partial charge in [0, 0.05) is 5.56 Å². The number of benzene rings is 2. The van der Waals surface area contributed by atoms with Gasteiger partial charge in [0.15, 0.2) is 0 Å². The van der Waals surface area contributed by atoms with Gasteiger partial charge in [-0.2, -0.15) is 0 Å². The van der Waals surface area contributed by atoms with Crippen molar-refractivity contribution < 1.29 is 4.43 Å². The van der Waals surface area contributed by atoms with E-state index in [2.05, 4.69) is 62.4 Å². The van der Waals surface area contributed by atoms with Crippen molar-refractivity contribution in [2.45, 2.75) is 25.9 Å². The maximum absolute atomic E-state index is 6.24. The first-order chi connectivity index (χ1) is 8.85. The molecule has 2 aromatic carbocycles. The molecule has 2 aromatic rings. The zero-order valence-electron chi connectivity index (χ0n) is 11.1. The second kappa shape index (κ2) is 6.41. The van der Waals surface area contributed by atoms with E-state index < -0.39 is 9.04 Å². The van der Waals surface area contributed by atoms with Crippen LogP contribution in [0.25, 0.3) is 11.1 Å². The molecular weight excluding hydrogens is 236 g/mol. The summed E-state index contributed by atoms with van der Waals surface area (Å²) in [6.07, 6.45) is 0. The van der Waals surface area contributed by atoms with Crippen LogP contribution in [0.4, 0.5) is 0 Å². The summed E-state index contributed by atoms with van der Waals surface area (Å²) in [5, 5.41) is 0. The first-order valence-electron chi connectivity index (χ1n) is 6.66. The van der Waals surface area contributed by atoms with Crippen LogP contribution in [0.5, 0.6) is 5.75 Å². The van der Waals surface area contributed by atoms with Crippen LogP contribution in [0.15, 0.2) is 54.6 Å². The third kappa shape index (κ3) is 3.02. The molecule has 0 aliphatic heterocycles. The summed E-state index contributed by atoms with van der Waals surface area (Å²) < 4.78 is 6.24. The fraction of sp³-hybridized carbons (Fsp3) is 0.250. The van der Waals surface area contributed by atoms with Crippen LogP contribution in [0.2, 0.25) is 12.1 Å². The molecule has 1 nitrogen and oxygen atoms in total. The molecule has 0 aliphatic rings. The van der Waals surface area contributed by atoms with Gasteiger partial charge in [0.05, 0.1) is 0 Å². The number of rotatable bonds is 5. The molecular formula is C16H20OSi. The van der Waals surface area contributed by atoms with Crippen LogP contribution in [-0.4, -0.2) is 9.04 Å². The van der Waals surface area contributed by atoms with Gasteiger partial charge in [0.1, 0.15) is 5.75 Å². The highest BCUT2D eigenvalue weighted by molar-refractivity contribution is 6.52. The van der Waals surface area contributed by atoms with E-state index in [9.17, 15) is 0 Å². The quantitative estimate of drug-likeness (QED) is 0.716. The van der Waals surface area contributed by atoms with E-state index in [0.717, 1.165) is 5.75 Å². The third-order valence-corrected chi connectivity index (χ3v) is 5.58. The lowest BCUT2D eigenvalue weighted by atomic mass is 10.1. The Hall–Kier alpha value is -1.54. The Kier molecular flexibility index (Phi) is 4.59. The SMILES string of the molecule is CC[SiH](CC)Oc1ccccc1-c1ccccc1. The summed E-state index contributed by atoms with van der Waals surface area (Å²) >= 11 is 0. The van der Waals surface area contributed by atoms with Crippen molar-refractivity contribution in [3.8, 4) is 16.9 Å². The smallest absolute Gasteiger partial charge is 0.235 e. The lowest BCUT2D eigenvalue weighted by Gasteiger charge is -2.17. The predicted molar refractivity (Wildman–Crippen MR) is 80.6 cm³/mol. The van der Waals surface area contributed by atoms with Gasteiger partial charge in [-0.15, -0.1) is 0 Å². The largest absolute Gasteiger partial charge is 0.546 e. The van der Waals surface area contributed by atoms with Crippen LogP contribution < -0.4 is 4.43 Å². The molecule has 0 aromatic heterocycles. The number of hydrogen-bond donors (Lipinski definition) is 0. The Labute approximate surface area is 111 Å². The first-order valence-corrected chi connectivity index (χ1v) is 8.76. The zero-order valence-corrected chi connectivity index (χ0v) is 12.3. The van der Waals surface area contributed by atoms with E-state index >= 15 is 0 Å². The Balaban J connectivity index is 2.31. The standard InChI is InChI=1S/C16H20OSi/c1-3-18(4-2)17-16-13-9-8-12-15(16)14-10-6-5-7-11-14/h5-13,18H,3-4H2,1-2H3. The van der Waals surface area contributed by atoms with Crippen LogP contribution in [0.1, 0.15) is 13.8 Å². The lowest BCUT2D eigenvalue weighted by Crippen LogP contribution is -2.19. The van der Waals surface area contributed by atoms with Gasteiger partial charge in [0.25, 0.3) is 0 Å². The van der Waals surface area contributed by atoms with Crippen molar-refractivity contribution in [3.05, 3.63) is 54.6 Å². The van der Waals surface area contributed by atoms with Gasteiger partial charge >= 0.3 is 0 Å². The topological polar surface area (TPSA) is 9.23 Å². The van der Waals surface area contributed by atoms with E-state index in [1.165, 1.54) is 23.2 Å². The highest BCUT2D eigenvalue weighted by Gasteiger charge is 2.11. The Morgan fingerprint density at radius 1 is 0.833 bits per heavy atom. The maximum Gasteiger partial charge on any atom is 0.235 e. The average molecular weight is 256 g/mol. The molecule has 2 rings (SSSR count). The Morgan fingerprint density at radius 2 is 1.44 bits per heavy atom. The van der Waals surface area contributed by atoms with E-state index in [1.54, 1.807) is 0 Å². The van der Waals surface area contributed by atoms with E-state index in [0.29, 0.717) is 0 Å². The first kappa shape index (κ1) is 12.9. The minimum atomic E-state index is -1.07. The summed E-state index contributed by atoms with van der Waals surface area (Å²) in [5.74, 6) is 1.05. The fourth-order valence-electron chi connectivity index (χ4n) is 2.06. The van der Waals surface area contributed by atoms with Crippen LogP contribution >= 0.6 is 0 Å². The lowest BCUT2D eigenvalue weighted by molar-refractivity contribution is 0.568. The van der Waals surface area contributed by atoms with Crippen LogP contribution in [0, 0.1) is 0 Å². The highest BCUT2D eigenvalue weighted by Crippen LogP contribution is 2.30. The molecule has 0 unspecified atom stereocenters. The molecule has 0 fully saturated rings. The molecule has 0 aliphatic carbocycles. The molecule has 94 valence electrons. The average Bonchev–Trinajstić information content (AvgIpc) is 2.46. The third-order valence-electron chi connectivity index (χ3n) is 3.18. The van der Waals surface area contributed by atoms with Crippen molar-refractivity contribution >= 4 is 9.04 Å². The molecule has 0 spiro atoms. The maximum atomic E-state index is 6.24.